The van der Waals surface area contributed by atoms with Crippen molar-refractivity contribution in [2.24, 2.45) is 0 Å². The summed E-state index contributed by atoms with van der Waals surface area (Å²) >= 11 is 0. The Morgan fingerprint density at radius 3 is 1.08 bits per heavy atom. The van der Waals surface area contributed by atoms with Gasteiger partial charge in [-0.05, 0) is 74.2 Å². The second-order valence-electron chi connectivity index (χ2n) is 14.1. The average molecular weight is 673 g/mol. The van der Waals surface area contributed by atoms with Crippen LogP contribution in [-0.4, -0.2) is 15.0 Å². The summed E-state index contributed by atoms with van der Waals surface area (Å²) in [5.74, 6) is 0. The fraction of sp³-hybridized carbons (Fsp3) is 0.0833. The molecule has 7 aromatic rings. The first kappa shape index (κ1) is 31.5. The molecule has 1 saturated heterocycles. The van der Waals surface area contributed by atoms with Crippen molar-refractivity contribution in [1.82, 2.24) is 20.3 Å². The minimum absolute atomic E-state index is 0.885. The monoisotopic (exact) mass is 672 g/mol. The van der Waals surface area contributed by atoms with Gasteiger partial charge in [-0.2, -0.15) is 0 Å². The van der Waals surface area contributed by atoms with E-state index in [9.17, 15) is 0 Å². The third-order valence-electron chi connectivity index (χ3n) is 10.4. The van der Waals surface area contributed by atoms with Crippen LogP contribution in [0.3, 0.4) is 0 Å². The Morgan fingerprint density at radius 1 is 0.365 bits per heavy atom. The lowest BCUT2D eigenvalue weighted by Crippen LogP contribution is -2.18. The highest BCUT2D eigenvalue weighted by Gasteiger charge is 2.26. The smallest absolute Gasteiger partial charge is 0.126 e. The molecule has 0 unspecified atom stereocenters. The predicted molar refractivity (Wildman–Crippen MR) is 213 cm³/mol. The van der Waals surface area contributed by atoms with Gasteiger partial charge in [-0.1, -0.05) is 59.7 Å². The molecule has 3 aromatic heterocycles. The number of fused-ring (bicyclic) bond motifs is 8. The second kappa shape index (κ2) is 12.7. The number of nitrogens with one attached hydrogen (secondary N) is 4. The van der Waals surface area contributed by atoms with Gasteiger partial charge in [0.1, 0.15) is 11.1 Å². The van der Waals surface area contributed by atoms with Gasteiger partial charge in [0.05, 0.1) is 0 Å². The molecule has 0 aliphatic carbocycles. The van der Waals surface area contributed by atoms with E-state index in [0.717, 1.165) is 85.3 Å². The van der Waals surface area contributed by atoms with Gasteiger partial charge in [0.15, 0.2) is 0 Å². The highest BCUT2D eigenvalue weighted by molar-refractivity contribution is 5.88. The van der Waals surface area contributed by atoms with Crippen LogP contribution in [0.5, 0.6) is 0 Å². The lowest BCUT2D eigenvalue weighted by Gasteiger charge is -2.15. The van der Waals surface area contributed by atoms with Crippen molar-refractivity contribution in [3.8, 4) is 0 Å². The van der Waals surface area contributed by atoms with Gasteiger partial charge in [-0.3, -0.25) is 0 Å². The van der Waals surface area contributed by atoms with Crippen molar-refractivity contribution < 1.29 is 0 Å². The third kappa shape index (κ3) is 5.69. The molecule has 52 heavy (non-hydrogen) atoms. The number of aryl methyl sites for hydroxylation is 2. The molecule has 0 radical (unpaired) electrons. The Labute approximate surface area is 305 Å². The van der Waals surface area contributed by atoms with Crippen LogP contribution in [-0.2, 0) is 0 Å². The molecule has 4 aromatic carbocycles. The molecule has 8 bridgehead atoms. The van der Waals surface area contributed by atoms with Gasteiger partial charge < -0.3 is 20.3 Å². The van der Waals surface area contributed by atoms with Gasteiger partial charge >= 0.3 is 0 Å². The zero-order chi connectivity index (χ0) is 35.3. The van der Waals surface area contributed by atoms with Crippen LogP contribution in [0.1, 0.15) is 80.1 Å². The fourth-order valence-electron chi connectivity index (χ4n) is 7.67. The first-order valence-corrected chi connectivity index (χ1v) is 17.9. The first-order valence-electron chi connectivity index (χ1n) is 17.9. The van der Waals surface area contributed by atoms with Gasteiger partial charge in [-0.15, -0.1) is 0 Å². The molecule has 1 fully saturated rings. The molecule has 0 atom stereocenters. The number of aromatic amines is 3. The molecule has 4 nitrogen and oxygen atoms in total. The lowest BCUT2D eigenvalue weighted by molar-refractivity contribution is 1.05. The first-order chi connectivity index (χ1) is 25.4. The zero-order valence-electron chi connectivity index (χ0n) is 29.5. The van der Waals surface area contributed by atoms with Crippen LogP contribution in [0.4, 0.5) is 0 Å². The number of allylic oxidation sites excluding steroid dienone is 2. The number of rotatable bonds is 4. The van der Waals surface area contributed by atoms with Crippen LogP contribution < -0.4 is 16.0 Å². The number of hydrogen-bond acceptors (Lipinski definition) is 1. The minimum Gasteiger partial charge on any atom is -0.361 e. The number of H-pyrrole nitrogens is 3. The van der Waals surface area contributed by atoms with Crippen molar-refractivity contribution in [1.29, 1.82) is 0 Å². The topological polar surface area (TPSA) is 59.4 Å². The van der Waals surface area contributed by atoms with Gasteiger partial charge in [0.25, 0.3) is 0 Å². The average Bonchev–Trinajstić information content (AvgIpc) is 3.99. The van der Waals surface area contributed by atoms with E-state index in [-0.39, 0.29) is 0 Å². The van der Waals surface area contributed by atoms with Crippen molar-refractivity contribution in [3.63, 3.8) is 0 Å². The second-order valence-corrected chi connectivity index (χ2v) is 14.1. The Morgan fingerprint density at radius 2 is 0.692 bits per heavy atom. The number of aromatic nitrogens is 3. The zero-order valence-corrected chi connectivity index (χ0v) is 29.5. The molecule has 4 N–H and O–H groups in total. The maximum absolute atomic E-state index is 4.17. The van der Waals surface area contributed by atoms with E-state index in [1.165, 1.54) is 39.2 Å². The molecular weight excluding hydrogens is 633 g/mol. The Bertz CT molecular complexity index is 2450. The summed E-state index contributed by atoms with van der Waals surface area (Å²) in [5, 5.41) is 6.04. The standard InChI is InChI=1S/C48H40N4/c1-29-5-13-33(14-6-29)45-37-21-23-39(49-37)46(34-15-7-30(2)8-16-34)41-25-27-43(51-41)48(36-19-11-32(4)12-20-36)44-28-26-42(52-44)47(40-24-22-38(45)50-40)35-17-9-31(3)10-18-35/h5-24,26,28,49-52H,1-2,25,27H2,3-4H3/q+2. The van der Waals surface area contributed by atoms with Crippen LogP contribution >= 0.6 is 0 Å². The molecule has 0 spiro atoms. The highest BCUT2D eigenvalue weighted by atomic mass is 14.9. The molecule has 0 amide bonds. The third-order valence-corrected chi connectivity index (χ3v) is 10.4. The van der Waals surface area contributed by atoms with E-state index in [0.29, 0.717) is 0 Å². The number of benzene rings is 4. The van der Waals surface area contributed by atoms with Crippen LogP contribution in [0.15, 0.2) is 145 Å². The van der Waals surface area contributed by atoms with Gasteiger partial charge in [-0.25, -0.2) is 0 Å². The van der Waals surface area contributed by atoms with Crippen molar-refractivity contribution in [2.75, 3.05) is 0 Å². The molecule has 250 valence electrons. The predicted octanol–water partition coefficient (Wildman–Crippen LogP) is 9.06. The molecule has 4 heteroatoms. The molecular formula is C48H40N4+2. The summed E-state index contributed by atoms with van der Waals surface area (Å²) in [4.78, 5) is 11.7. The number of hydrogen-bond donors (Lipinski definition) is 4. The summed E-state index contributed by atoms with van der Waals surface area (Å²) < 4.78 is 0. The summed E-state index contributed by atoms with van der Waals surface area (Å²) in [5.41, 5.74) is 20.2. The normalized spacial score (nSPS) is 14.3. The lowest BCUT2D eigenvalue weighted by atomic mass is 9.98. The van der Waals surface area contributed by atoms with Gasteiger partial charge in [0, 0.05) is 141 Å². The van der Waals surface area contributed by atoms with E-state index in [1.54, 1.807) is 0 Å². The minimum atomic E-state index is 0.885. The molecule has 2 aliphatic heterocycles. The fourth-order valence-corrected chi connectivity index (χ4v) is 7.67. The van der Waals surface area contributed by atoms with E-state index >= 15 is 0 Å². The maximum Gasteiger partial charge on any atom is 0.126 e. The van der Waals surface area contributed by atoms with Crippen LogP contribution in [0.25, 0.3) is 22.3 Å². The SMILES string of the molecule is [CH2+]c1ccc(C2=C3CCC(=C(c4ccc(C)cc4)c4ccc([nH]4)C(c4ccc(C)cc4)=c4ccc([nH]4)=C(c4ccc([CH2+])cc4)c4ccc2[nH]4)N3)cc1. The maximum atomic E-state index is 4.17. The Hall–Kier alpha value is -6.52. The largest absolute Gasteiger partial charge is 0.361 e. The molecule has 5 heterocycles. The van der Waals surface area contributed by atoms with Crippen LogP contribution in [0.2, 0.25) is 0 Å². The van der Waals surface area contributed by atoms with E-state index in [4.69, 9.17) is 0 Å². The summed E-state index contributed by atoms with van der Waals surface area (Å²) in [6, 6.07) is 48.0. The van der Waals surface area contributed by atoms with Crippen LogP contribution in [0, 0.1) is 27.7 Å². The summed E-state index contributed by atoms with van der Waals surface area (Å²) in [6.07, 6.45) is 1.77. The Kier molecular flexibility index (Phi) is 7.66. The quantitative estimate of drug-likeness (QED) is 0.139. The summed E-state index contributed by atoms with van der Waals surface area (Å²) in [7, 11) is 0. The molecule has 0 saturated carbocycles. The van der Waals surface area contributed by atoms with Crippen molar-refractivity contribution in [2.45, 2.75) is 26.7 Å². The highest BCUT2D eigenvalue weighted by Crippen LogP contribution is 2.38. The van der Waals surface area contributed by atoms with E-state index in [1.807, 2.05) is 0 Å². The summed E-state index contributed by atoms with van der Waals surface area (Å²) in [6.45, 7) is 12.6. The van der Waals surface area contributed by atoms with E-state index < -0.39 is 0 Å². The van der Waals surface area contributed by atoms with Crippen molar-refractivity contribution >= 4 is 22.3 Å². The molecule has 9 rings (SSSR count). The van der Waals surface area contributed by atoms with E-state index in [2.05, 4.69) is 181 Å². The Balaban J connectivity index is 1.38. The van der Waals surface area contributed by atoms with Gasteiger partial charge in [0.2, 0.25) is 0 Å². The molecule has 2 aliphatic rings. The van der Waals surface area contributed by atoms with Crippen molar-refractivity contribution in [3.05, 3.63) is 237 Å².